The third kappa shape index (κ3) is 3.69. The van der Waals surface area contributed by atoms with Crippen molar-refractivity contribution in [1.29, 1.82) is 0 Å². The summed E-state index contributed by atoms with van der Waals surface area (Å²) < 4.78 is 10.6. The Kier molecular flexibility index (Phi) is 5.48. The number of rotatable bonds is 6. The molecule has 0 radical (unpaired) electrons. The highest BCUT2D eigenvalue weighted by molar-refractivity contribution is 6.33. The second kappa shape index (κ2) is 7.34. The van der Waals surface area contributed by atoms with Gasteiger partial charge in [-0.1, -0.05) is 36.7 Å². The van der Waals surface area contributed by atoms with E-state index in [-0.39, 0.29) is 0 Å². The molecule has 0 aliphatic heterocycles. The predicted molar refractivity (Wildman–Crippen MR) is 87.4 cm³/mol. The van der Waals surface area contributed by atoms with Gasteiger partial charge in [0.05, 0.1) is 14.2 Å². The summed E-state index contributed by atoms with van der Waals surface area (Å²) in [6.45, 7) is 3.84. The first-order valence-electron chi connectivity index (χ1n) is 6.91. The zero-order valence-electron chi connectivity index (χ0n) is 12.6. The maximum absolute atomic E-state index is 6.41. The summed E-state index contributed by atoms with van der Waals surface area (Å²) >= 11 is 6.41. The van der Waals surface area contributed by atoms with Crippen LogP contribution in [0.25, 0.3) is 11.1 Å². The van der Waals surface area contributed by atoms with Crippen LogP contribution < -0.4 is 14.8 Å². The number of halogens is 1. The molecule has 112 valence electrons. The van der Waals surface area contributed by atoms with Gasteiger partial charge in [0.1, 0.15) is 0 Å². The molecule has 0 fully saturated rings. The molecular formula is C17H20ClNO2. The minimum atomic E-state index is 0.697. The first kappa shape index (κ1) is 15.7. The van der Waals surface area contributed by atoms with Crippen molar-refractivity contribution in [2.45, 2.75) is 13.5 Å². The third-order valence-corrected chi connectivity index (χ3v) is 3.62. The Morgan fingerprint density at radius 3 is 2.38 bits per heavy atom. The van der Waals surface area contributed by atoms with Gasteiger partial charge in [0.2, 0.25) is 0 Å². The highest BCUT2D eigenvalue weighted by Crippen LogP contribution is 2.35. The zero-order chi connectivity index (χ0) is 15.2. The van der Waals surface area contributed by atoms with Gasteiger partial charge in [0.25, 0.3) is 0 Å². The summed E-state index contributed by atoms with van der Waals surface area (Å²) in [6, 6.07) is 11.9. The second-order valence-electron chi connectivity index (χ2n) is 4.66. The maximum Gasteiger partial charge on any atom is 0.161 e. The van der Waals surface area contributed by atoms with Crippen molar-refractivity contribution in [3.8, 4) is 22.6 Å². The van der Waals surface area contributed by atoms with Crippen LogP contribution in [0.5, 0.6) is 11.5 Å². The van der Waals surface area contributed by atoms with Gasteiger partial charge < -0.3 is 14.8 Å². The minimum Gasteiger partial charge on any atom is -0.493 e. The number of ether oxygens (including phenoxy) is 2. The Balaban J connectivity index is 2.33. The van der Waals surface area contributed by atoms with Gasteiger partial charge in [-0.15, -0.1) is 0 Å². The smallest absolute Gasteiger partial charge is 0.161 e. The molecule has 0 saturated heterocycles. The van der Waals surface area contributed by atoms with Crippen molar-refractivity contribution in [3.05, 3.63) is 47.0 Å². The SMILES string of the molecule is CCNCc1ccc(-c2ccc(OC)c(OC)c2)c(Cl)c1. The summed E-state index contributed by atoms with van der Waals surface area (Å²) in [7, 11) is 3.25. The lowest BCUT2D eigenvalue weighted by molar-refractivity contribution is 0.355. The van der Waals surface area contributed by atoms with Gasteiger partial charge in [-0.2, -0.15) is 0 Å². The molecule has 3 nitrogen and oxygen atoms in total. The molecule has 0 aromatic heterocycles. The highest BCUT2D eigenvalue weighted by Gasteiger charge is 2.09. The van der Waals surface area contributed by atoms with E-state index in [1.807, 2.05) is 30.3 Å². The molecule has 4 heteroatoms. The summed E-state index contributed by atoms with van der Waals surface area (Å²) in [5, 5.41) is 4.02. The Labute approximate surface area is 130 Å². The summed E-state index contributed by atoms with van der Waals surface area (Å²) in [4.78, 5) is 0. The number of nitrogens with one attached hydrogen (secondary N) is 1. The number of benzene rings is 2. The van der Waals surface area contributed by atoms with Crippen molar-refractivity contribution in [1.82, 2.24) is 5.32 Å². The largest absolute Gasteiger partial charge is 0.493 e. The molecule has 2 rings (SSSR count). The van der Waals surface area contributed by atoms with Crippen molar-refractivity contribution in [2.24, 2.45) is 0 Å². The van der Waals surface area contributed by atoms with Crippen molar-refractivity contribution in [2.75, 3.05) is 20.8 Å². The molecule has 0 unspecified atom stereocenters. The molecule has 0 saturated carbocycles. The third-order valence-electron chi connectivity index (χ3n) is 3.31. The van der Waals surface area contributed by atoms with E-state index >= 15 is 0 Å². The van der Waals surface area contributed by atoms with E-state index in [1.165, 1.54) is 5.56 Å². The van der Waals surface area contributed by atoms with Crippen LogP contribution in [-0.4, -0.2) is 20.8 Å². The lowest BCUT2D eigenvalue weighted by Crippen LogP contribution is -2.11. The number of methoxy groups -OCH3 is 2. The van der Waals surface area contributed by atoms with Crippen LogP contribution in [0.1, 0.15) is 12.5 Å². The van der Waals surface area contributed by atoms with E-state index in [0.717, 1.165) is 29.2 Å². The van der Waals surface area contributed by atoms with Crippen LogP contribution in [0.2, 0.25) is 5.02 Å². The van der Waals surface area contributed by atoms with Crippen molar-refractivity contribution < 1.29 is 9.47 Å². The average molecular weight is 306 g/mol. The lowest BCUT2D eigenvalue weighted by Gasteiger charge is -2.11. The minimum absolute atomic E-state index is 0.697. The van der Waals surface area contributed by atoms with Crippen molar-refractivity contribution in [3.63, 3.8) is 0 Å². The van der Waals surface area contributed by atoms with Crippen LogP contribution in [0.4, 0.5) is 0 Å². The molecule has 0 spiro atoms. The fraction of sp³-hybridized carbons (Fsp3) is 0.294. The average Bonchev–Trinajstić information content (AvgIpc) is 2.52. The molecule has 2 aromatic rings. The molecule has 0 atom stereocenters. The van der Waals surface area contributed by atoms with Gasteiger partial charge in [0, 0.05) is 17.1 Å². The van der Waals surface area contributed by atoms with Gasteiger partial charge in [-0.05, 0) is 35.9 Å². The van der Waals surface area contributed by atoms with Gasteiger partial charge in [0.15, 0.2) is 11.5 Å². The first-order valence-corrected chi connectivity index (χ1v) is 7.29. The summed E-state index contributed by atoms with van der Waals surface area (Å²) in [5.74, 6) is 1.41. The van der Waals surface area contributed by atoms with Crippen molar-refractivity contribution >= 4 is 11.6 Å². The van der Waals surface area contributed by atoms with Crippen LogP contribution in [0.3, 0.4) is 0 Å². The Bertz CT molecular complexity index is 614. The van der Waals surface area contributed by atoms with Crippen LogP contribution in [0, 0.1) is 0 Å². The highest BCUT2D eigenvalue weighted by atomic mass is 35.5. The van der Waals surface area contributed by atoms with E-state index in [9.17, 15) is 0 Å². The van der Waals surface area contributed by atoms with Crippen LogP contribution >= 0.6 is 11.6 Å². The van der Waals surface area contributed by atoms with E-state index in [0.29, 0.717) is 11.5 Å². The normalized spacial score (nSPS) is 10.5. The Morgan fingerprint density at radius 2 is 1.76 bits per heavy atom. The topological polar surface area (TPSA) is 30.5 Å². The Hall–Kier alpha value is -1.71. The quantitative estimate of drug-likeness (QED) is 0.870. The first-order chi connectivity index (χ1) is 10.2. The van der Waals surface area contributed by atoms with E-state index in [4.69, 9.17) is 21.1 Å². The predicted octanol–water partition coefficient (Wildman–Crippen LogP) is 4.13. The van der Waals surface area contributed by atoms with Gasteiger partial charge in [-0.25, -0.2) is 0 Å². The summed E-state index contributed by atoms with van der Waals surface area (Å²) in [6.07, 6.45) is 0. The molecule has 0 amide bonds. The fourth-order valence-corrected chi connectivity index (χ4v) is 2.49. The molecule has 0 aliphatic rings. The van der Waals surface area contributed by atoms with E-state index in [1.54, 1.807) is 14.2 Å². The molecule has 21 heavy (non-hydrogen) atoms. The molecular weight excluding hydrogens is 286 g/mol. The van der Waals surface area contributed by atoms with Gasteiger partial charge in [-0.3, -0.25) is 0 Å². The van der Waals surface area contributed by atoms with E-state index < -0.39 is 0 Å². The monoisotopic (exact) mass is 305 g/mol. The molecule has 1 N–H and O–H groups in total. The van der Waals surface area contributed by atoms with Crippen LogP contribution in [0.15, 0.2) is 36.4 Å². The molecule has 2 aromatic carbocycles. The Morgan fingerprint density at radius 1 is 1.00 bits per heavy atom. The maximum atomic E-state index is 6.41. The molecule has 0 aliphatic carbocycles. The van der Waals surface area contributed by atoms with E-state index in [2.05, 4.69) is 18.3 Å². The fourth-order valence-electron chi connectivity index (χ4n) is 2.18. The lowest BCUT2D eigenvalue weighted by atomic mass is 10.0. The molecule has 0 bridgehead atoms. The zero-order valence-corrected chi connectivity index (χ0v) is 13.3. The number of hydrogen-bond donors (Lipinski definition) is 1. The second-order valence-corrected chi connectivity index (χ2v) is 5.07. The molecule has 0 heterocycles. The standard InChI is InChI=1S/C17H20ClNO2/c1-4-19-11-12-5-7-14(15(18)9-12)13-6-8-16(20-2)17(10-13)21-3/h5-10,19H,4,11H2,1-3H3. The van der Waals surface area contributed by atoms with Crippen LogP contribution in [-0.2, 0) is 6.54 Å². The number of hydrogen-bond acceptors (Lipinski definition) is 3. The van der Waals surface area contributed by atoms with Gasteiger partial charge >= 0.3 is 0 Å². The summed E-state index contributed by atoms with van der Waals surface area (Å²) in [5.41, 5.74) is 3.16.